The van der Waals surface area contributed by atoms with Gasteiger partial charge in [-0.1, -0.05) is 49.7 Å². The van der Waals surface area contributed by atoms with Gasteiger partial charge in [-0.2, -0.15) is 4.98 Å². The van der Waals surface area contributed by atoms with Crippen molar-refractivity contribution in [2.45, 2.75) is 27.2 Å². The average molecular weight is 279 g/mol. The fraction of sp³-hybridized carbons (Fsp3) is 0.357. The summed E-state index contributed by atoms with van der Waals surface area (Å²) in [6.07, 6.45) is 0.140. The van der Waals surface area contributed by atoms with Crippen molar-refractivity contribution in [1.29, 1.82) is 0 Å². The zero-order chi connectivity index (χ0) is 14.0. The minimum absolute atomic E-state index is 0.0573. The molecular formula is C14H15ClN2O2. The van der Waals surface area contributed by atoms with E-state index < -0.39 is 5.41 Å². The average Bonchev–Trinajstić information content (AvgIpc) is 2.76. The molecular weight excluding hydrogens is 264 g/mol. The first-order valence-electron chi connectivity index (χ1n) is 5.99. The first-order valence-corrected chi connectivity index (χ1v) is 6.36. The van der Waals surface area contributed by atoms with Crippen LogP contribution < -0.4 is 0 Å². The standard InChI is InChI=1S/C14H15ClN2O2/c1-14(2,3)11(18)8-12-16-13(17-19-12)9-6-4-5-7-10(9)15/h4-7H,8H2,1-3H3. The monoisotopic (exact) mass is 278 g/mol. The Bertz CT molecular complexity index is 599. The summed E-state index contributed by atoms with van der Waals surface area (Å²) >= 11 is 6.06. The number of aromatic nitrogens is 2. The SMILES string of the molecule is CC(C)(C)C(=O)Cc1nc(-c2ccccc2Cl)no1. The molecule has 4 nitrogen and oxygen atoms in total. The topological polar surface area (TPSA) is 56.0 Å². The summed E-state index contributed by atoms with van der Waals surface area (Å²) in [5, 5.41) is 4.41. The van der Waals surface area contributed by atoms with E-state index in [0.29, 0.717) is 22.3 Å². The molecule has 0 saturated heterocycles. The normalized spacial score (nSPS) is 11.6. The number of ketones is 1. The van der Waals surface area contributed by atoms with Crippen LogP contribution in [0.4, 0.5) is 0 Å². The number of hydrogen-bond acceptors (Lipinski definition) is 4. The first-order chi connectivity index (χ1) is 8.88. The summed E-state index contributed by atoms with van der Waals surface area (Å²) in [5.74, 6) is 0.777. The summed E-state index contributed by atoms with van der Waals surface area (Å²) in [4.78, 5) is 16.1. The van der Waals surface area contributed by atoms with Crippen molar-refractivity contribution in [3.8, 4) is 11.4 Å². The smallest absolute Gasteiger partial charge is 0.234 e. The van der Waals surface area contributed by atoms with Crippen molar-refractivity contribution in [3.05, 3.63) is 35.2 Å². The number of carbonyl (C=O) groups excluding carboxylic acids is 1. The number of hydrogen-bond donors (Lipinski definition) is 0. The van der Waals surface area contributed by atoms with Gasteiger partial charge in [0.2, 0.25) is 11.7 Å². The van der Waals surface area contributed by atoms with E-state index in [1.807, 2.05) is 39.0 Å². The largest absolute Gasteiger partial charge is 0.338 e. The number of halogens is 1. The molecule has 0 spiro atoms. The van der Waals surface area contributed by atoms with E-state index in [0.717, 1.165) is 0 Å². The van der Waals surface area contributed by atoms with Gasteiger partial charge in [-0.3, -0.25) is 4.79 Å². The Kier molecular flexibility index (Phi) is 3.71. The van der Waals surface area contributed by atoms with E-state index in [-0.39, 0.29) is 12.2 Å². The molecule has 2 aromatic rings. The molecule has 1 aromatic heterocycles. The zero-order valence-electron chi connectivity index (χ0n) is 11.1. The Balaban J connectivity index is 2.21. The number of Topliss-reactive ketones (excluding diaryl/α,β-unsaturated/α-hetero) is 1. The molecule has 0 saturated carbocycles. The lowest BCUT2D eigenvalue weighted by Gasteiger charge is -2.14. The summed E-state index contributed by atoms with van der Waals surface area (Å²) in [7, 11) is 0. The molecule has 0 N–H and O–H groups in total. The maximum Gasteiger partial charge on any atom is 0.234 e. The lowest BCUT2D eigenvalue weighted by molar-refractivity contribution is -0.125. The molecule has 0 bridgehead atoms. The summed E-state index contributed by atoms with van der Waals surface area (Å²) in [6.45, 7) is 5.59. The summed E-state index contributed by atoms with van der Waals surface area (Å²) in [5.41, 5.74) is 0.279. The zero-order valence-corrected chi connectivity index (χ0v) is 11.9. The first kappa shape index (κ1) is 13.7. The van der Waals surface area contributed by atoms with Gasteiger partial charge < -0.3 is 4.52 Å². The predicted molar refractivity (Wildman–Crippen MR) is 72.9 cm³/mol. The van der Waals surface area contributed by atoms with Gasteiger partial charge in [-0.15, -0.1) is 0 Å². The minimum atomic E-state index is -0.418. The van der Waals surface area contributed by atoms with E-state index in [9.17, 15) is 4.79 Å². The highest BCUT2D eigenvalue weighted by Gasteiger charge is 2.24. The van der Waals surface area contributed by atoms with E-state index in [2.05, 4.69) is 10.1 Å². The van der Waals surface area contributed by atoms with Gasteiger partial charge in [0.05, 0.1) is 11.4 Å². The Morgan fingerprint density at radius 2 is 2.00 bits per heavy atom. The van der Waals surface area contributed by atoms with Crippen LogP contribution in [0.2, 0.25) is 5.02 Å². The van der Waals surface area contributed by atoms with Gasteiger partial charge in [-0.25, -0.2) is 0 Å². The van der Waals surface area contributed by atoms with Crippen LogP contribution in [0, 0.1) is 5.41 Å². The Hall–Kier alpha value is -1.68. The predicted octanol–water partition coefficient (Wildman–Crippen LogP) is 3.55. The van der Waals surface area contributed by atoms with E-state index in [1.54, 1.807) is 6.07 Å². The molecule has 0 radical (unpaired) electrons. The molecule has 100 valence electrons. The van der Waals surface area contributed by atoms with Crippen LogP contribution in [0.25, 0.3) is 11.4 Å². The quantitative estimate of drug-likeness (QED) is 0.861. The number of rotatable bonds is 3. The van der Waals surface area contributed by atoms with Crippen molar-refractivity contribution in [1.82, 2.24) is 10.1 Å². The molecule has 1 heterocycles. The lowest BCUT2D eigenvalue weighted by Crippen LogP contribution is -2.22. The van der Waals surface area contributed by atoms with Gasteiger partial charge >= 0.3 is 0 Å². The molecule has 0 amide bonds. The third kappa shape index (κ3) is 3.20. The highest BCUT2D eigenvalue weighted by atomic mass is 35.5. The van der Waals surface area contributed by atoms with Gasteiger partial charge in [-0.05, 0) is 12.1 Å². The minimum Gasteiger partial charge on any atom is -0.338 e. The second-order valence-electron chi connectivity index (χ2n) is 5.34. The highest BCUT2D eigenvalue weighted by molar-refractivity contribution is 6.33. The van der Waals surface area contributed by atoms with Crippen LogP contribution in [0.3, 0.4) is 0 Å². The van der Waals surface area contributed by atoms with Gasteiger partial charge in [0.25, 0.3) is 0 Å². The fourth-order valence-corrected chi connectivity index (χ4v) is 1.70. The molecule has 0 fully saturated rings. The molecule has 5 heteroatoms. The third-order valence-electron chi connectivity index (χ3n) is 2.73. The molecule has 0 aliphatic rings. The van der Waals surface area contributed by atoms with E-state index in [4.69, 9.17) is 16.1 Å². The second kappa shape index (κ2) is 5.13. The molecule has 1 aromatic carbocycles. The highest BCUT2D eigenvalue weighted by Crippen LogP contribution is 2.25. The summed E-state index contributed by atoms with van der Waals surface area (Å²) in [6, 6.07) is 7.24. The van der Waals surface area contributed by atoms with Crippen LogP contribution >= 0.6 is 11.6 Å². The van der Waals surface area contributed by atoms with Crippen LogP contribution in [-0.4, -0.2) is 15.9 Å². The molecule has 0 atom stereocenters. The molecule has 2 rings (SSSR count). The molecule has 0 aliphatic carbocycles. The van der Waals surface area contributed by atoms with Crippen molar-refractivity contribution in [2.24, 2.45) is 5.41 Å². The van der Waals surface area contributed by atoms with Crippen molar-refractivity contribution >= 4 is 17.4 Å². The van der Waals surface area contributed by atoms with Gasteiger partial charge in [0.1, 0.15) is 5.78 Å². The fourth-order valence-electron chi connectivity index (χ4n) is 1.48. The van der Waals surface area contributed by atoms with E-state index in [1.165, 1.54) is 0 Å². The Morgan fingerprint density at radius 1 is 1.32 bits per heavy atom. The van der Waals surface area contributed by atoms with E-state index >= 15 is 0 Å². The second-order valence-corrected chi connectivity index (χ2v) is 5.75. The lowest BCUT2D eigenvalue weighted by atomic mass is 9.89. The van der Waals surface area contributed by atoms with Crippen molar-refractivity contribution < 1.29 is 9.32 Å². The van der Waals surface area contributed by atoms with Gasteiger partial charge in [0.15, 0.2) is 0 Å². The molecule has 0 aliphatic heterocycles. The number of nitrogens with zero attached hydrogens (tertiary/aromatic N) is 2. The van der Waals surface area contributed by atoms with Crippen LogP contribution in [0.1, 0.15) is 26.7 Å². The van der Waals surface area contributed by atoms with Crippen LogP contribution in [0.15, 0.2) is 28.8 Å². The number of benzene rings is 1. The van der Waals surface area contributed by atoms with Crippen LogP contribution in [0.5, 0.6) is 0 Å². The maximum atomic E-state index is 11.9. The van der Waals surface area contributed by atoms with Crippen molar-refractivity contribution in [2.75, 3.05) is 0 Å². The summed E-state index contributed by atoms with van der Waals surface area (Å²) < 4.78 is 5.10. The molecule has 19 heavy (non-hydrogen) atoms. The van der Waals surface area contributed by atoms with Gasteiger partial charge in [0, 0.05) is 11.0 Å². The maximum absolute atomic E-state index is 11.9. The molecule has 0 unspecified atom stereocenters. The third-order valence-corrected chi connectivity index (χ3v) is 3.06. The van der Waals surface area contributed by atoms with Crippen molar-refractivity contribution in [3.63, 3.8) is 0 Å². The van der Waals surface area contributed by atoms with Crippen LogP contribution in [-0.2, 0) is 11.2 Å². The Labute approximate surface area is 116 Å². The Morgan fingerprint density at radius 3 is 2.63 bits per heavy atom. The number of carbonyl (C=O) groups is 1.